The molecular formula is C75H86Br4N18O12S. The molecular weight excluding hydrogens is 1700 g/mol. The zero-order valence-corrected chi connectivity index (χ0v) is 69.8. The SMILES string of the molecule is C.CCN(CC)CCOC(=O)Cn1nc(C)c(Br)c1-c1nnc(-c2cccc(C)c2)o1.CCOC(=O)Cn1nc(C)c(Br)c1-c1nnc(-c2cccc(C)c2)o1.CSCOC(=O)Cn1nc(C)c(Br)c1-c1nnc(-c2cccc(C)c2)o1.Cc1cccc(-c2nnc(-c3c(Br)c(C)nn3CC(=O)OCCN(C)C)o2)c1. The Morgan fingerprint density at radius 2 is 0.664 bits per heavy atom. The summed E-state index contributed by atoms with van der Waals surface area (Å²) in [5.41, 5.74) is 12.8. The zero-order chi connectivity index (χ0) is 78.6. The van der Waals surface area contributed by atoms with Crippen LogP contribution in [0.2, 0.25) is 0 Å². The van der Waals surface area contributed by atoms with Gasteiger partial charge in [-0.2, -0.15) is 20.4 Å². The summed E-state index contributed by atoms with van der Waals surface area (Å²) >= 11 is 15.4. The van der Waals surface area contributed by atoms with E-state index in [-0.39, 0.29) is 81.0 Å². The molecule has 0 aliphatic rings. The zero-order valence-electron chi connectivity index (χ0n) is 62.6. The summed E-state index contributed by atoms with van der Waals surface area (Å²) in [6.45, 7) is 25.3. The molecule has 0 bridgehead atoms. The first kappa shape index (κ1) is 86.0. The first-order chi connectivity index (χ1) is 52.2. The third-order valence-electron chi connectivity index (χ3n) is 15.9. The molecule has 4 aromatic carbocycles. The largest absolute Gasteiger partial charge is 0.465 e. The summed E-state index contributed by atoms with van der Waals surface area (Å²) in [7, 11) is 3.84. The normalized spacial score (nSPS) is 11.0. The summed E-state index contributed by atoms with van der Waals surface area (Å²) in [6.07, 6.45) is 1.86. The molecule has 0 radical (unpaired) electrons. The molecule has 0 N–H and O–H groups in total. The first-order valence-electron chi connectivity index (χ1n) is 34.3. The van der Waals surface area contributed by atoms with Crippen LogP contribution in [-0.2, 0) is 64.3 Å². The van der Waals surface area contributed by atoms with Gasteiger partial charge in [0, 0.05) is 35.3 Å². The van der Waals surface area contributed by atoms with Crippen molar-refractivity contribution >= 4 is 99.4 Å². The average Bonchev–Trinajstić information content (AvgIpc) is 1.66. The number of carbonyl (C=O) groups is 4. The van der Waals surface area contributed by atoms with Crippen molar-refractivity contribution in [2.24, 2.45) is 0 Å². The third-order valence-corrected chi connectivity index (χ3v) is 20.1. The van der Waals surface area contributed by atoms with Crippen LogP contribution >= 0.6 is 75.5 Å². The number of hydrogen-bond acceptors (Lipinski definition) is 27. The van der Waals surface area contributed by atoms with Gasteiger partial charge in [-0.15, -0.1) is 52.6 Å². The van der Waals surface area contributed by atoms with Crippen LogP contribution in [0.5, 0.6) is 0 Å². The van der Waals surface area contributed by atoms with Crippen LogP contribution in [-0.4, -0.2) is 186 Å². The molecule has 0 amide bonds. The van der Waals surface area contributed by atoms with Gasteiger partial charge in [-0.05, 0) is 208 Å². The molecule has 12 rings (SSSR count). The highest BCUT2D eigenvalue weighted by molar-refractivity contribution is 9.11. The van der Waals surface area contributed by atoms with E-state index in [1.165, 1.54) is 30.5 Å². The smallest absolute Gasteiger partial charge is 0.328 e. The number of rotatable bonds is 27. The Morgan fingerprint density at radius 3 is 0.918 bits per heavy atom. The summed E-state index contributed by atoms with van der Waals surface area (Å²) in [4.78, 5) is 52.4. The second-order valence-corrected chi connectivity index (χ2v) is 28.7. The predicted molar refractivity (Wildman–Crippen MR) is 429 cm³/mol. The lowest BCUT2D eigenvalue weighted by molar-refractivity contribution is -0.145. The van der Waals surface area contributed by atoms with Gasteiger partial charge < -0.3 is 46.4 Å². The molecule has 35 heteroatoms. The fourth-order valence-corrected chi connectivity index (χ4v) is 12.6. The fraction of sp³-hybridized carbons (Fsp3) is 0.360. The highest BCUT2D eigenvalue weighted by atomic mass is 79.9. The van der Waals surface area contributed by atoms with E-state index >= 15 is 0 Å². The van der Waals surface area contributed by atoms with Gasteiger partial charge >= 0.3 is 23.9 Å². The molecule has 0 saturated carbocycles. The van der Waals surface area contributed by atoms with Crippen LogP contribution < -0.4 is 0 Å². The maximum absolute atomic E-state index is 12.4. The van der Waals surface area contributed by atoms with E-state index in [0.29, 0.717) is 114 Å². The molecule has 12 aromatic rings. The molecule has 8 heterocycles. The molecule has 0 aliphatic heterocycles. The molecule has 582 valence electrons. The molecule has 0 aliphatic carbocycles. The molecule has 8 aromatic heterocycles. The minimum Gasteiger partial charge on any atom is -0.465 e. The van der Waals surface area contributed by atoms with Gasteiger partial charge in [0.2, 0.25) is 23.6 Å². The lowest BCUT2D eigenvalue weighted by atomic mass is 10.1. The minimum absolute atomic E-state index is 0. The number of aryl methyl sites for hydroxylation is 8. The summed E-state index contributed by atoms with van der Waals surface area (Å²) in [6, 6.07) is 31.2. The van der Waals surface area contributed by atoms with Crippen LogP contribution in [0.4, 0.5) is 0 Å². The topological polar surface area (TPSA) is 339 Å². The number of hydrogen-bond donors (Lipinski definition) is 0. The van der Waals surface area contributed by atoms with Gasteiger partial charge in [0.1, 0.15) is 68.1 Å². The Balaban J connectivity index is 0.000000184. The summed E-state index contributed by atoms with van der Waals surface area (Å²) in [5.74, 6) is 1.57. The molecule has 0 saturated heterocycles. The highest BCUT2D eigenvalue weighted by Crippen LogP contribution is 2.37. The van der Waals surface area contributed by atoms with E-state index < -0.39 is 0 Å². The Morgan fingerprint density at radius 1 is 0.400 bits per heavy atom. The molecule has 0 atom stereocenters. The number of halogens is 4. The van der Waals surface area contributed by atoms with Gasteiger partial charge in [-0.3, -0.25) is 19.2 Å². The van der Waals surface area contributed by atoms with Gasteiger partial charge in [0.15, 0.2) is 0 Å². The second kappa shape index (κ2) is 40.9. The maximum atomic E-state index is 12.4. The average molecular weight is 1780 g/mol. The van der Waals surface area contributed by atoms with Crippen LogP contribution in [0.3, 0.4) is 0 Å². The maximum Gasteiger partial charge on any atom is 0.328 e. The number of likely N-dealkylation sites (N-methyl/N-ethyl adjacent to an activating group) is 2. The lowest BCUT2D eigenvalue weighted by Crippen LogP contribution is -2.28. The Labute approximate surface area is 674 Å². The molecule has 0 fully saturated rings. The number of carbonyl (C=O) groups excluding carboxylic acids is 4. The van der Waals surface area contributed by atoms with Crippen molar-refractivity contribution in [1.82, 2.24) is 89.7 Å². The van der Waals surface area contributed by atoms with Crippen molar-refractivity contribution in [2.75, 3.05) is 72.3 Å². The van der Waals surface area contributed by atoms with Crippen LogP contribution in [0.15, 0.2) is 133 Å². The number of thioether (sulfide) groups is 1. The highest BCUT2D eigenvalue weighted by Gasteiger charge is 2.28. The van der Waals surface area contributed by atoms with Crippen LogP contribution in [0.1, 0.15) is 73.2 Å². The van der Waals surface area contributed by atoms with Crippen molar-refractivity contribution in [1.29, 1.82) is 0 Å². The minimum atomic E-state index is -0.381. The standard InChI is InChI=1S/C21H26BrN5O3.C19H22BrN5O3.C17H17BrN4O3S.C17H17BrN4O3.CH4/c1-5-26(6-2)10-11-29-17(28)13-27-19(18(22)15(4)25-27)21-24-23-20(30-21)16-9-7-8-14(3)12-16;1-12-6-5-7-14(10-12)18-21-22-19(28-18)17-16(20)13(2)23-25(17)11-15(26)27-9-8-24(3)4;1-10-5-4-6-12(7-10)16-19-20-17(25-16)15-14(18)11(2)21-22(15)8-13(23)24-9-26-3;1-4-24-13(23)9-22-15(14(18)11(3)21-22)17-20-19-16(25-17)12-7-5-6-10(2)8-12;/h7-9,12H,5-6,10-11,13H2,1-4H3;5-7,10H,8-9,11H2,1-4H3;4-7H,8-9H2,1-3H3;5-8H,4,9H2,1-3H3;1H4. The molecule has 110 heavy (non-hydrogen) atoms. The molecule has 0 unspecified atom stereocenters. The molecule has 0 spiro atoms. The number of esters is 4. The van der Waals surface area contributed by atoms with E-state index in [9.17, 15) is 19.2 Å². The monoisotopic (exact) mass is 1780 g/mol. The van der Waals surface area contributed by atoms with Crippen molar-refractivity contribution < 1.29 is 55.8 Å². The number of ether oxygens (including phenoxy) is 4. The number of aromatic nitrogens is 16. The summed E-state index contributed by atoms with van der Waals surface area (Å²) in [5, 5.41) is 50.7. The van der Waals surface area contributed by atoms with Crippen molar-refractivity contribution in [3.05, 3.63) is 160 Å². The van der Waals surface area contributed by atoms with Crippen LogP contribution in [0.25, 0.3) is 92.2 Å². The van der Waals surface area contributed by atoms with E-state index in [4.69, 9.17) is 36.6 Å². The van der Waals surface area contributed by atoms with E-state index in [1.807, 2.05) is 178 Å². The second-order valence-electron chi connectivity index (χ2n) is 24.7. The van der Waals surface area contributed by atoms with Gasteiger partial charge in [-0.1, -0.05) is 92.1 Å². The fourth-order valence-electron chi connectivity index (χ4n) is 10.5. The van der Waals surface area contributed by atoms with Gasteiger partial charge in [-0.25, -0.2) is 18.7 Å². The van der Waals surface area contributed by atoms with E-state index in [0.717, 1.165) is 69.0 Å². The van der Waals surface area contributed by atoms with Gasteiger partial charge in [0.05, 0.1) is 47.3 Å². The van der Waals surface area contributed by atoms with E-state index in [1.54, 1.807) is 6.92 Å². The van der Waals surface area contributed by atoms with E-state index in [2.05, 4.69) is 144 Å². The number of nitrogens with zero attached hydrogens (tertiary/aromatic N) is 18. The summed E-state index contributed by atoms with van der Waals surface area (Å²) < 4.78 is 53.1. The van der Waals surface area contributed by atoms with Crippen LogP contribution in [0, 0.1) is 55.4 Å². The first-order valence-corrected chi connectivity index (χ1v) is 38.9. The van der Waals surface area contributed by atoms with Crippen molar-refractivity contribution in [2.45, 2.75) is 110 Å². The quantitative estimate of drug-likeness (QED) is 0.0262. The Bertz CT molecular complexity index is 5090. The van der Waals surface area contributed by atoms with Gasteiger partial charge in [0.25, 0.3) is 23.6 Å². The Hall–Kier alpha value is -9.65. The van der Waals surface area contributed by atoms with Crippen molar-refractivity contribution in [3.8, 4) is 92.2 Å². The number of benzene rings is 4. The molecule has 30 nitrogen and oxygen atoms in total. The lowest BCUT2D eigenvalue weighted by Gasteiger charge is -2.17. The van der Waals surface area contributed by atoms with Crippen molar-refractivity contribution in [3.63, 3.8) is 0 Å². The predicted octanol–water partition coefficient (Wildman–Crippen LogP) is 15.0. The third kappa shape index (κ3) is 23.0. The Kier molecular flexibility index (Phi) is 31.9.